The Morgan fingerprint density at radius 2 is 1.92 bits per heavy atom. The topological polar surface area (TPSA) is 179 Å². The average molecular weight is 597 g/mol. The molecule has 2 aliphatic rings. The van der Waals surface area contributed by atoms with E-state index in [1.165, 1.54) is 17.1 Å². The smallest absolute Gasteiger partial charge is 0.283 e. The molecule has 0 saturated carbocycles. The number of anilines is 2. The van der Waals surface area contributed by atoms with E-state index in [-0.39, 0.29) is 36.2 Å². The highest BCUT2D eigenvalue weighted by Crippen LogP contribution is 2.37. The largest absolute Gasteiger partial charge is 0.417 e. The van der Waals surface area contributed by atoms with Gasteiger partial charge in [0.05, 0.1) is 29.2 Å². The van der Waals surface area contributed by atoms with Crippen LogP contribution in [0.4, 0.5) is 11.5 Å². The summed E-state index contributed by atoms with van der Waals surface area (Å²) in [4.78, 5) is 22.9. The number of halogens is 2. The van der Waals surface area contributed by atoms with Crippen molar-refractivity contribution in [3.8, 4) is 11.3 Å². The van der Waals surface area contributed by atoms with Gasteiger partial charge in [-0.15, -0.1) is 0 Å². The first-order valence-corrected chi connectivity index (χ1v) is 14.3. The van der Waals surface area contributed by atoms with Crippen molar-refractivity contribution in [2.24, 2.45) is 10.7 Å². The third-order valence-electron chi connectivity index (χ3n) is 5.96. The molecule has 208 valence electrons. The van der Waals surface area contributed by atoms with Crippen molar-refractivity contribution in [2.75, 3.05) is 49.2 Å². The summed E-state index contributed by atoms with van der Waals surface area (Å²) in [6.45, 7) is 0.858. The molecule has 0 bridgehead atoms. The summed E-state index contributed by atoms with van der Waals surface area (Å²) in [5.74, 6) is 0.559. The Morgan fingerprint density at radius 1 is 1.18 bits per heavy atom. The fraction of sp³-hybridized carbons (Fsp3) is 0.304. The van der Waals surface area contributed by atoms with Gasteiger partial charge in [-0.1, -0.05) is 23.2 Å². The van der Waals surface area contributed by atoms with E-state index in [1.54, 1.807) is 30.3 Å². The van der Waals surface area contributed by atoms with Crippen LogP contribution in [0.3, 0.4) is 0 Å². The van der Waals surface area contributed by atoms with E-state index in [0.29, 0.717) is 51.7 Å². The van der Waals surface area contributed by atoms with Crippen molar-refractivity contribution in [3.63, 3.8) is 0 Å². The summed E-state index contributed by atoms with van der Waals surface area (Å²) in [6, 6.07) is 8.38. The quantitative estimate of drug-likeness (QED) is 0.158. The van der Waals surface area contributed by atoms with Gasteiger partial charge < -0.3 is 26.5 Å². The number of aliphatic imine (C=N–C) groups is 1. The molecular weight excluding hydrogens is 571 g/mol. The normalized spacial score (nSPS) is 19.6. The van der Waals surface area contributed by atoms with Crippen LogP contribution < -0.4 is 21.3 Å². The Morgan fingerprint density at radius 3 is 2.56 bits per heavy atom. The molecular formula is C23H26Cl2N8O5S. The number of amidine groups is 1. The molecule has 0 aliphatic carbocycles. The van der Waals surface area contributed by atoms with Crippen LogP contribution in [0, 0.1) is 5.21 Å². The van der Waals surface area contributed by atoms with Crippen LogP contribution in [0.1, 0.15) is 0 Å². The van der Waals surface area contributed by atoms with Gasteiger partial charge in [0.25, 0.3) is 5.71 Å². The fourth-order valence-corrected chi connectivity index (χ4v) is 5.28. The van der Waals surface area contributed by atoms with Crippen LogP contribution >= 0.6 is 23.2 Å². The molecule has 5 N–H and O–H groups in total. The van der Waals surface area contributed by atoms with Gasteiger partial charge in [0.1, 0.15) is 11.7 Å². The van der Waals surface area contributed by atoms with Gasteiger partial charge in [0.2, 0.25) is 15.9 Å². The van der Waals surface area contributed by atoms with E-state index in [0.717, 1.165) is 10.6 Å². The lowest BCUT2D eigenvalue weighted by Gasteiger charge is -2.33. The summed E-state index contributed by atoms with van der Waals surface area (Å²) in [5, 5.41) is 27.1. The Labute approximate surface area is 234 Å². The number of rotatable bonds is 7. The Balaban J connectivity index is 1.52. The Bertz CT molecular complexity index is 1480. The van der Waals surface area contributed by atoms with Crippen LogP contribution in [0.5, 0.6) is 0 Å². The zero-order chi connectivity index (χ0) is 28.3. The van der Waals surface area contributed by atoms with Crippen molar-refractivity contribution in [1.82, 2.24) is 14.6 Å². The molecule has 2 aromatic rings. The number of nitrogens with one attached hydrogen (secondary N) is 2. The molecule has 1 unspecified atom stereocenters. The van der Waals surface area contributed by atoms with Crippen LogP contribution in [0.2, 0.25) is 10.0 Å². The Hall–Kier alpha value is -3.43. The summed E-state index contributed by atoms with van der Waals surface area (Å²) in [6.07, 6.45) is 2.98. The molecule has 1 atom stereocenters. The molecule has 13 nitrogen and oxygen atoms in total. The van der Waals surface area contributed by atoms with Crippen molar-refractivity contribution >= 4 is 62.2 Å². The maximum Gasteiger partial charge on any atom is 0.283 e. The maximum absolute atomic E-state index is 13.0. The number of nitrogens with two attached hydrogens (primary N) is 1. The highest BCUT2D eigenvalue weighted by atomic mass is 35.5. The highest BCUT2D eigenvalue weighted by molar-refractivity contribution is 7.88. The second kappa shape index (κ2) is 11.8. The van der Waals surface area contributed by atoms with E-state index in [2.05, 4.69) is 15.6 Å². The molecule has 1 fully saturated rings. The van der Waals surface area contributed by atoms with E-state index < -0.39 is 16.2 Å². The number of hydrogen-bond donors (Lipinski definition) is 4. The predicted octanol–water partition coefficient (Wildman–Crippen LogP) is 1.26. The number of carbonyl (C=O) groups excluding carboxylic acids is 1. The fourth-order valence-electron chi connectivity index (χ4n) is 4.02. The van der Waals surface area contributed by atoms with Crippen LogP contribution in [0.25, 0.3) is 11.3 Å². The third-order valence-corrected chi connectivity index (χ3v) is 7.75. The SMILES string of the molecule is CS(=O)(=O)N1CCN(c2ccc(NCCNC3=NC(N)C(=[N+]([O-])O)C=C3)nc2-c2ccc(Cl)cc2Cl)C(=O)C1. The number of nitrogens with zero attached hydrogens (tertiary/aromatic N) is 5. The molecule has 2 aliphatic heterocycles. The second-order valence-corrected chi connectivity index (χ2v) is 11.5. The second-order valence-electron chi connectivity index (χ2n) is 8.67. The van der Waals surface area contributed by atoms with Gasteiger partial charge in [-0.3, -0.25) is 10.0 Å². The number of piperazine rings is 1. The van der Waals surface area contributed by atoms with Crippen molar-refractivity contribution < 1.29 is 23.3 Å². The number of dihydropyridines is 1. The number of hydrogen-bond acceptors (Lipinski definition) is 10. The molecule has 1 aromatic heterocycles. The lowest BCUT2D eigenvalue weighted by Crippen LogP contribution is -2.52. The molecule has 0 radical (unpaired) electrons. The minimum absolute atomic E-state index is 0.0763. The molecule has 1 amide bonds. The monoisotopic (exact) mass is 596 g/mol. The number of sulfonamides is 1. The molecule has 3 heterocycles. The number of aromatic nitrogens is 1. The first-order valence-electron chi connectivity index (χ1n) is 11.7. The molecule has 1 saturated heterocycles. The van der Waals surface area contributed by atoms with Gasteiger partial charge in [0, 0.05) is 47.7 Å². The number of benzene rings is 1. The maximum atomic E-state index is 13.0. The van der Waals surface area contributed by atoms with Gasteiger partial charge in [0.15, 0.2) is 6.17 Å². The van der Waals surface area contributed by atoms with E-state index in [9.17, 15) is 18.4 Å². The zero-order valence-electron chi connectivity index (χ0n) is 20.7. The lowest BCUT2D eigenvalue weighted by atomic mass is 10.1. The Kier molecular flexibility index (Phi) is 8.61. The first-order chi connectivity index (χ1) is 18.4. The summed E-state index contributed by atoms with van der Waals surface area (Å²) in [5.41, 5.74) is 7.14. The minimum Gasteiger partial charge on any atom is -0.417 e. The van der Waals surface area contributed by atoms with Crippen molar-refractivity contribution in [1.29, 1.82) is 0 Å². The van der Waals surface area contributed by atoms with Crippen molar-refractivity contribution in [3.05, 3.63) is 57.7 Å². The average Bonchev–Trinajstić information content (AvgIpc) is 2.86. The zero-order valence-corrected chi connectivity index (χ0v) is 23.0. The van der Waals surface area contributed by atoms with E-state index in [4.69, 9.17) is 39.1 Å². The standard InChI is InChI=1S/C23H26Cl2N8O5S/c1-39(37,38)31-10-11-32(21(34)13-31)17-4-6-19(29-22(17)15-3-2-14(24)12-16(15)25)27-8-9-28-20-7-5-18(33(35)36)23(26)30-20/h2-7,12,23H,8-11,13,26H2,1H3,(H,27,29)(H,28,30)(H,35,36). The molecule has 39 heavy (non-hydrogen) atoms. The van der Waals surface area contributed by atoms with Gasteiger partial charge in [-0.2, -0.15) is 4.31 Å². The first kappa shape index (κ1) is 28.6. The molecule has 1 aromatic carbocycles. The van der Waals surface area contributed by atoms with Crippen LogP contribution in [-0.2, 0) is 14.8 Å². The minimum atomic E-state index is -3.51. The summed E-state index contributed by atoms with van der Waals surface area (Å²) >= 11 is 12.6. The van der Waals surface area contributed by atoms with Gasteiger partial charge >= 0.3 is 0 Å². The number of amides is 1. The lowest BCUT2D eigenvalue weighted by molar-refractivity contribution is -0.726. The van der Waals surface area contributed by atoms with Crippen LogP contribution in [0.15, 0.2) is 47.5 Å². The van der Waals surface area contributed by atoms with E-state index in [1.807, 2.05) is 0 Å². The summed E-state index contributed by atoms with van der Waals surface area (Å²) in [7, 11) is -3.51. The van der Waals surface area contributed by atoms with Crippen LogP contribution in [-0.4, -0.2) is 90.4 Å². The van der Waals surface area contributed by atoms with E-state index >= 15 is 0 Å². The molecule has 4 rings (SSSR count). The summed E-state index contributed by atoms with van der Waals surface area (Å²) < 4.78 is 25.0. The number of carbonyl (C=O) groups is 1. The van der Waals surface area contributed by atoms with Crippen molar-refractivity contribution in [2.45, 2.75) is 6.17 Å². The predicted molar refractivity (Wildman–Crippen MR) is 150 cm³/mol. The third kappa shape index (κ3) is 6.78. The molecule has 16 heteroatoms. The van der Waals surface area contributed by atoms with Gasteiger partial charge in [-0.05, 0) is 36.4 Å². The van der Waals surface area contributed by atoms with Gasteiger partial charge in [-0.25, -0.2) is 18.4 Å². The molecule has 0 spiro atoms. The highest BCUT2D eigenvalue weighted by Gasteiger charge is 2.32. The number of pyridine rings is 1.